The molecule has 0 saturated carbocycles. The van der Waals surface area contributed by atoms with Gasteiger partial charge in [-0.05, 0) is 128 Å². The number of rotatable bonds is 10. The van der Waals surface area contributed by atoms with Gasteiger partial charge < -0.3 is 30.0 Å². The molecule has 2 aromatic heterocycles. The Morgan fingerprint density at radius 2 is 1.13 bits per heavy atom. The molecule has 2 aliphatic rings. The zero-order valence-electron chi connectivity index (χ0n) is 32.5. The molecule has 2 saturated heterocycles. The predicted octanol–water partition coefficient (Wildman–Crippen LogP) is 9.02. The van der Waals surface area contributed by atoms with Crippen molar-refractivity contribution < 1.29 is 27.9 Å². The largest absolute Gasteiger partial charge is 0.542 e. The molecule has 10 nitrogen and oxygen atoms in total. The average Bonchev–Trinajstić information content (AvgIpc) is 3.14. The van der Waals surface area contributed by atoms with Gasteiger partial charge in [0.25, 0.3) is 8.32 Å². The number of aromatic hydroxyl groups is 1. The van der Waals surface area contributed by atoms with E-state index in [1.807, 2.05) is 18.2 Å². The first-order valence-corrected chi connectivity index (χ1v) is 22.0. The van der Waals surface area contributed by atoms with Gasteiger partial charge in [-0.2, -0.15) is 0 Å². The van der Waals surface area contributed by atoms with Crippen LogP contribution in [0.25, 0.3) is 0 Å². The Morgan fingerprint density at radius 1 is 0.709 bits per heavy atom. The number of benzene rings is 2. The summed E-state index contributed by atoms with van der Waals surface area (Å²) >= 11 is 0. The molecule has 0 bridgehead atoms. The number of halogens is 2. The maximum Gasteiger partial charge on any atom is 0.250 e. The summed E-state index contributed by atoms with van der Waals surface area (Å²) in [4.78, 5) is 37.3. The number of aromatic nitrogens is 2. The predicted molar refractivity (Wildman–Crippen MR) is 217 cm³/mol. The van der Waals surface area contributed by atoms with Crippen molar-refractivity contribution in [3.8, 4) is 11.5 Å². The van der Waals surface area contributed by atoms with Crippen molar-refractivity contribution in [1.82, 2.24) is 9.97 Å². The highest BCUT2D eigenvalue weighted by atomic mass is 28.4. The van der Waals surface area contributed by atoms with Gasteiger partial charge in [0.05, 0.1) is 12.4 Å². The fourth-order valence-electron chi connectivity index (χ4n) is 6.43. The highest BCUT2D eigenvalue weighted by Crippen LogP contribution is 2.37. The van der Waals surface area contributed by atoms with Gasteiger partial charge in [0, 0.05) is 50.4 Å². The first-order valence-electron chi connectivity index (χ1n) is 19.0. The van der Waals surface area contributed by atoms with Crippen LogP contribution < -0.4 is 24.9 Å². The summed E-state index contributed by atoms with van der Waals surface area (Å²) in [6.07, 6.45) is 7.67. The maximum atomic E-state index is 13.1. The van der Waals surface area contributed by atoms with Crippen LogP contribution in [-0.4, -0.2) is 61.4 Å². The summed E-state index contributed by atoms with van der Waals surface area (Å²) in [6.45, 7) is 14.5. The van der Waals surface area contributed by atoms with Crippen LogP contribution >= 0.6 is 0 Å². The van der Waals surface area contributed by atoms with Crippen molar-refractivity contribution in [2.24, 2.45) is 11.8 Å². The lowest BCUT2D eigenvalue weighted by Gasteiger charge is -2.36. The third-order valence-electron chi connectivity index (χ3n) is 10.8. The van der Waals surface area contributed by atoms with Crippen LogP contribution in [0.1, 0.15) is 59.3 Å². The van der Waals surface area contributed by atoms with Gasteiger partial charge in [0.1, 0.15) is 34.8 Å². The lowest BCUT2D eigenvalue weighted by Crippen LogP contribution is -2.43. The summed E-state index contributed by atoms with van der Waals surface area (Å²) < 4.78 is 32.3. The average molecular weight is 773 g/mol. The molecular weight excluding hydrogens is 719 g/mol. The first kappa shape index (κ1) is 41.1. The standard InChI is InChI=1S/C24H34FN3O2Si.C18H20FN3O2/c1-24(2,3)31(4,5)30-21-10-11-22(26-17-21)27-23(29)16-18-12-14-28(15-13-18)20-8-6-19(25)7-9-20;19-14-1-3-15(4-2-14)22-9-7-13(8-10-22)11-18(24)21-17-6-5-16(23)12-20-17/h6-11,17-18H,12-16H2,1-5H3,(H,26,27,29);1-6,12-13,23H,7-11H2,(H,20,21,24). The summed E-state index contributed by atoms with van der Waals surface area (Å²) in [5, 5.41) is 15.0. The summed E-state index contributed by atoms with van der Waals surface area (Å²) in [5.41, 5.74) is 2.06. The molecule has 0 spiro atoms. The Morgan fingerprint density at radius 3 is 1.49 bits per heavy atom. The number of nitrogens with zero attached hydrogens (tertiary/aromatic N) is 4. The van der Waals surface area contributed by atoms with E-state index in [-0.39, 0.29) is 34.2 Å². The minimum atomic E-state index is -1.91. The van der Waals surface area contributed by atoms with Crippen molar-refractivity contribution in [3.63, 3.8) is 0 Å². The zero-order valence-corrected chi connectivity index (χ0v) is 33.5. The van der Waals surface area contributed by atoms with Crippen molar-refractivity contribution in [2.75, 3.05) is 46.6 Å². The summed E-state index contributed by atoms with van der Waals surface area (Å²) in [7, 11) is -1.91. The second-order valence-corrected chi connectivity index (χ2v) is 20.7. The highest BCUT2D eigenvalue weighted by Gasteiger charge is 2.39. The van der Waals surface area contributed by atoms with E-state index >= 15 is 0 Å². The molecule has 294 valence electrons. The quantitative estimate of drug-likeness (QED) is 0.137. The molecule has 0 radical (unpaired) electrons. The Hall–Kier alpha value is -5.04. The smallest absolute Gasteiger partial charge is 0.250 e. The van der Waals surface area contributed by atoms with Gasteiger partial charge in [-0.25, -0.2) is 18.7 Å². The molecule has 13 heteroatoms. The third-order valence-corrected chi connectivity index (χ3v) is 15.1. The van der Waals surface area contributed by atoms with E-state index in [9.17, 15) is 23.5 Å². The monoisotopic (exact) mass is 772 g/mol. The minimum Gasteiger partial charge on any atom is -0.542 e. The van der Waals surface area contributed by atoms with Gasteiger partial charge in [-0.1, -0.05) is 20.8 Å². The topological polar surface area (TPSA) is 120 Å². The van der Waals surface area contributed by atoms with Crippen LogP contribution in [0.3, 0.4) is 0 Å². The van der Waals surface area contributed by atoms with E-state index in [1.165, 1.54) is 36.5 Å². The van der Waals surface area contributed by atoms with E-state index in [2.05, 4.69) is 64.3 Å². The molecule has 0 aliphatic carbocycles. The molecule has 0 atom stereocenters. The fraction of sp³-hybridized carbons (Fsp3) is 0.429. The molecule has 2 aliphatic heterocycles. The third kappa shape index (κ3) is 12.5. The highest BCUT2D eigenvalue weighted by molar-refractivity contribution is 6.74. The van der Waals surface area contributed by atoms with E-state index in [4.69, 9.17) is 4.43 Å². The molecule has 2 amide bonds. The van der Waals surface area contributed by atoms with E-state index in [0.29, 0.717) is 36.3 Å². The minimum absolute atomic E-state index is 0.00852. The number of pyridine rings is 2. The molecule has 3 N–H and O–H groups in total. The summed E-state index contributed by atoms with van der Waals surface area (Å²) in [5.74, 6) is 1.98. The Balaban J connectivity index is 0.000000218. The normalized spacial score (nSPS) is 15.5. The number of amides is 2. The van der Waals surface area contributed by atoms with Crippen LogP contribution in [0.4, 0.5) is 31.8 Å². The van der Waals surface area contributed by atoms with Crippen LogP contribution in [-0.2, 0) is 9.59 Å². The van der Waals surface area contributed by atoms with Gasteiger partial charge >= 0.3 is 0 Å². The van der Waals surface area contributed by atoms with Gasteiger partial charge in [-0.15, -0.1) is 0 Å². The van der Waals surface area contributed by atoms with Crippen molar-refractivity contribution in [3.05, 3.63) is 96.8 Å². The Labute approximate surface area is 324 Å². The molecular formula is C42H54F2N6O4Si. The van der Waals surface area contributed by atoms with Crippen molar-refractivity contribution >= 4 is 43.1 Å². The molecule has 2 aromatic carbocycles. The second-order valence-electron chi connectivity index (χ2n) is 16.0. The van der Waals surface area contributed by atoms with Gasteiger partial charge in [0.15, 0.2) is 0 Å². The van der Waals surface area contributed by atoms with Crippen molar-refractivity contribution in [1.29, 1.82) is 0 Å². The molecule has 6 rings (SSSR count). The van der Waals surface area contributed by atoms with Crippen LogP contribution in [0, 0.1) is 23.5 Å². The molecule has 55 heavy (non-hydrogen) atoms. The van der Waals surface area contributed by atoms with Crippen LogP contribution in [0.5, 0.6) is 11.5 Å². The maximum absolute atomic E-state index is 13.1. The number of carbonyl (C=O) groups excluding carboxylic acids is 2. The molecule has 2 fully saturated rings. The Kier molecular flexibility index (Phi) is 13.9. The molecule has 0 unspecified atom stereocenters. The number of carbonyl (C=O) groups is 2. The number of hydrogen-bond donors (Lipinski definition) is 3. The SMILES string of the molecule is CC(C)(C)[Si](C)(C)Oc1ccc(NC(=O)CC2CCN(c3ccc(F)cc3)CC2)nc1.O=C(CC1CCN(c2ccc(F)cc2)CC1)Nc1ccc(O)cn1. The van der Waals surface area contributed by atoms with E-state index < -0.39 is 8.32 Å². The number of hydrogen-bond acceptors (Lipinski definition) is 8. The number of piperidine rings is 2. The van der Waals surface area contributed by atoms with E-state index in [0.717, 1.165) is 69.0 Å². The van der Waals surface area contributed by atoms with Crippen LogP contribution in [0.15, 0.2) is 85.2 Å². The fourth-order valence-corrected chi connectivity index (χ4v) is 7.45. The Bertz CT molecular complexity index is 1820. The first-order chi connectivity index (χ1) is 26.1. The lowest BCUT2D eigenvalue weighted by atomic mass is 9.93. The van der Waals surface area contributed by atoms with Gasteiger partial charge in [0.2, 0.25) is 11.8 Å². The second kappa shape index (κ2) is 18.5. The van der Waals surface area contributed by atoms with Gasteiger partial charge in [-0.3, -0.25) is 9.59 Å². The van der Waals surface area contributed by atoms with Crippen LogP contribution in [0.2, 0.25) is 18.1 Å². The lowest BCUT2D eigenvalue weighted by molar-refractivity contribution is -0.118. The molecule has 4 heterocycles. The number of anilines is 4. The van der Waals surface area contributed by atoms with E-state index in [1.54, 1.807) is 30.5 Å². The van der Waals surface area contributed by atoms with Crippen molar-refractivity contribution in [2.45, 2.75) is 77.4 Å². The zero-order chi connectivity index (χ0) is 39.6. The number of nitrogens with one attached hydrogen (secondary N) is 2. The molecule has 4 aromatic rings. The summed E-state index contributed by atoms with van der Waals surface area (Å²) in [6, 6.07) is 19.9.